The van der Waals surface area contributed by atoms with Gasteiger partial charge in [-0.25, -0.2) is 0 Å². The first-order valence-corrected chi connectivity index (χ1v) is 13.5. The van der Waals surface area contributed by atoms with Crippen LogP contribution in [0.3, 0.4) is 0 Å². The van der Waals surface area contributed by atoms with E-state index >= 15 is 0 Å². The van der Waals surface area contributed by atoms with Crippen molar-refractivity contribution in [2.24, 2.45) is 0 Å². The summed E-state index contributed by atoms with van der Waals surface area (Å²) in [5, 5.41) is 1.06. The number of carbonyl (C=O) groups is 2. The molecule has 39 heavy (non-hydrogen) atoms. The van der Waals surface area contributed by atoms with Crippen molar-refractivity contribution in [1.29, 1.82) is 0 Å². The second kappa shape index (κ2) is 14.7. The van der Waals surface area contributed by atoms with Crippen molar-refractivity contribution in [3.05, 3.63) is 71.4 Å². The number of ether oxygens (including phenoxy) is 1. The number of unbranched alkanes of at least 4 members (excludes halogenated alkanes) is 3. The van der Waals surface area contributed by atoms with E-state index in [4.69, 9.17) is 4.74 Å². The molecule has 0 saturated carbocycles. The Hall–Kier alpha value is -3.33. The fraction of sp³-hybridized carbons (Fsp3) is 0.467. The number of aromatic nitrogens is 1. The zero-order chi connectivity index (χ0) is 28.3. The number of nitrogens with zero attached hydrogens (tertiary/aromatic N) is 2. The molecule has 0 fully saturated rings. The molecule has 2 aromatic carbocycles. The largest absolute Gasteiger partial charge is 0.416 e. The number of fused-ring (bicyclic) bond motifs is 1. The topological polar surface area (TPSA) is 65.6 Å². The van der Waals surface area contributed by atoms with E-state index in [9.17, 15) is 22.8 Å². The molecule has 0 unspecified atom stereocenters. The number of para-hydroxylation sites is 1. The molecular weight excluding hydrogens is 507 g/mol. The van der Waals surface area contributed by atoms with E-state index in [2.05, 4.69) is 11.9 Å². The van der Waals surface area contributed by atoms with Crippen LogP contribution in [0.2, 0.25) is 0 Å². The Bertz CT molecular complexity index is 1190. The van der Waals surface area contributed by atoms with E-state index in [0.29, 0.717) is 38.1 Å². The third-order valence-electron chi connectivity index (χ3n) is 6.82. The molecule has 3 rings (SSSR count). The van der Waals surface area contributed by atoms with Crippen LogP contribution in [0.4, 0.5) is 13.2 Å². The number of benzene rings is 2. The van der Waals surface area contributed by atoms with E-state index < -0.39 is 11.7 Å². The number of amides is 2. The number of hydrogen-bond acceptors (Lipinski definition) is 3. The molecule has 0 atom stereocenters. The summed E-state index contributed by atoms with van der Waals surface area (Å²) in [5.74, 6) is -0.352. The van der Waals surface area contributed by atoms with Crippen molar-refractivity contribution >= 4 is 22.7 Å². The minimum absolute atomic E-state index is 0.0948. The van der Waals surface area contributed by atoms with Gasteiger partial charge in [-0.3, -0.25) is 9.59 Å². The molecule has 0 aliphatic heterocycles. The molecule has 0 bridgehead atoms. The average Bonchev–Trinajstić information content (AvgIpc) is 3.34. The number of H-pyrrole nitrogens is 1. The summed E-state index contributed by atoms with van der Waals surface area (Å²) >= 11 is 0. The van der Waals surface area contributed by atoms with E-state index in [-0.39, 0.29) is 24.9 Å². The highest BCUT2D eigenvalue weighted by molar-refractivity contribution is 5.85. The number of rotatable bonds is 15. The van der Waals surface area contributed by atoms with E-state index in [1.54, 1.807) is 12.0 Å². The Morgan fingerprint density at radius 3 is 2.36 bits per heavy atom. The van der Waals surface area contributed by atoms with E-state index in [1.807, 2.05) is 30.5 Å². The van der Waals surface area contributed by atoms with Crippen LogP contribution in [0.25, 0.3) is 10.9 Å². The average molecular weight is 546 g/mol. The van der Waals surface area contributed by atoms with Crippen LogP contribution in [-0.4, -0.2) is 59.9 Å². The van der Waals surface area contributed by atoms with Crippen molar-refractivity contribution in [1.82, 2.24) is 14.8 Å². The van der Waals surface area contributed by atoms with Crippen molar-refractivity contribution in [2.45, 2.75) is 58.2 Å². The first kappa shape index (κ1) is 30.2. The fourth-order valence-corrected chi connectivity index (χ4v) is 4.52. The number of methoxy groups -OCH3 is 1. The third kappa shape index (κ3) is 9.13. The molecule has 0 aliphatic rings. The maximum Gasteiger partial charge on any atom is 0.416 e. The van der Waals surface area contributed by atoms with Gasteiger partial charge in [0.15, 0.2) is 0 Å². The Labute approximate surface area is 228 Å². The van der Waals surface area contributed by atoms with Gasteiger partial charge in [-0.1, -0.05) is 56.5 Å². The van der Waals surface area contributed by atoms with Crippen molar-refractivity contribution in [3.8, 4) is 0 Å². The lowest BCUT2D eigenvalue weighted by molar-refractivity contribution is -0.141. The maximum atomic E-state index is 13.6. The molecule has 0 spiro atoms. The molecule has 1 aromatic heterocycles. The van der Waals surface area contributed by atoms with Crippen LogP contribution in [0.5, 0.6) is 0 Å². The van der Waals surface area contributed by atoms with Gasteiger partial charge in [0.2, 0.25) is 11.8 Å². The number of halogens is 3. The van der Waals surface area contributed by atoms with Gasteiger partial charge < -0.3 is 19.5 Å². The van der Waals surface area contributed by atoms with Crippen LogP contribution >= 0.6 is 0 Å². The molecule has 1 N–H and O–H groups in total. The van der Waals surface area contributed by atoms with Gasteiger partial charge in [0.05, 0.1) is 18.7 Å². The summed E-state index contributed by atoms with van der Waals surface area (Å²) in [5.41, 5.74) is 1.89. The molecule has 0 saturated heterocycles. The Balaban J connectivity index is 1.76. The molecule has 0 aliphatic carbocycles. The Morgan fingerprint density at radius 1 is 0.923 bits per heavy atom. The van der Waals surface area contributed by atoms with E-state index in [1.165, 1.54) is 17.0 Å². The van der Waals surface area contributed by atoms with Gasteiger partial charge in [0, 0.05) is 50.3 Å². The number of hydrogen-bond donors (Lipinski definition) is 1. The number of aromatic amines is 1. The van der Waals surface area contributed by atoms with Crippen LogP contribution in [0.15, 0.2) is 54.7 Å². The highest BCUT2D eigenvalue weighted by Crippen LogP contribution is 2.29. The molecule has 9 heteroatoms. The summed E-state index contributed by atoms with van der Waals surface area (Å²) in [6, 6.07) is 12.7. The van der Waals surface area contributed by atoms with Gasteiger partial charge in [-0.05, 0) is 42.2 Å². The number of carbonyl (C=O) groups excluding carboxylic acids is 2. The van der Waals surface area contributed by atoms with Crippen molar-refractivity contribution in [3.63, 3.8) is 0 Å². The molecular formula is C30H38F3N3O3. The lowest BCUT2D eigenvalue weighted by Crippen LogP contribution is -2.44. The quantitative estimate of drug-likeness (QED) is 0.231. The highest BCUT2D eigenvalue weighted by Gasteiger charge is 2.30. The minimum atomic E-state index is -4.43. The van der Waals surface area contributed by atoms with E-state index in [0.717, 1.165) is 54.3 Å². The van der Waals surface area contributed by atoms with Gasteiger partial charge in [-0.2, -0.15) is 13.2 Å². The molecule has 2 amide bonds. The lowest BCUT2D eigenvalue weighted by atomic mass is 10.1. The second-order valence-corrected chi connectivity index (χ2v) is 9.74. The van der Waals surface area contributed by atoms with Crippen LogP contribution in [0.1, 0.15) is 55.7 Å². The molecule has 3 aromatic rings. The minimum Gasteiger partial charge on any atom is -0.383 e. The predicted molar refractivity (Wildman–Crippen MR) is 146 cm³/mol. The lowest BCUT2D eigenvalue weighted by Gasteiger charge is -2.28. The van der Waals surface area contributed by atoms with Crippen LogP contribution < -0.4 is 0 Å². The fourth-order valence-electron chi connectivity index (χ4n) is 4.52. The summed E-state index contributed by atoms with van der Waals surface area (Å²) in [6.45, 7) is 3.09. The first-order chi connectivity index (χ1) is 18.7. The molecule has 212 valence electrons. The molecule has 0 radical (unpaired) electrons. The Kier molecular flexibility index (Phi) is 11.4. The third-order valence-corrected chi connectivity index (χ3v) is 6.82. The number of nitrogens with one attached hydrogen (secondary N) is 1. The summed E-state index contributed by atoms with van der Waals surface area (Å²) in [7, 11) is 1.55. The molecule has 1 heterocycles. The van der Waals surface area contributed by atoms with Crippen molar-refractivity contribution < 1.29 is 27.5 Å². The highest BCUT2D eigenvalue weighted by atomic mass is 19.4. The number of alkyl halides is 3. The summed E-state index contributed by atoms with van der Waals surface area (Å²) < 4.78 is 44.3. The zero-order valence-electron chi connectivity index (χ0n) is 22.7. The monoisotopic (exact) mass is 545 g/mol. The van der Waals surface area contributed by atoms with Crippen LogP contribution in [-0.2, 0) is 33.5 Å². The van der Waals surface area contributed by atoms with Gasteiger partial charge in [0.25, 0.3) is 0 Å². The van der Waals surface area contributed by atoms with Crippen molar-refractivity contribution in [2.75, 3.05) is 33.4 Å². The Morgan fingerprint density at radius 2 is 1.67 bits per heavy atom. The summed E-state index contributed by atoms with van der Waals surface area (Å²) in [6.07, 6.45) is 2.25. The summed E-state index contributed by atoms with van der Waals surface area (Å²) in [4.78, 5) is 32.9. The predicted octanol–water partition coefficient (Wildman–Crippen LogP) is 6.20. The zero-order valence-corrected chi connectivity index (χ0v) is 22.7. The standard InChI is InChI=1S/C30H38F3N3O3/c1-3-4-5-6-11-28(37)36(18-19-39-2)22-29(38)35(21-23-12-14-25(15-13-23)30(31,32)33)17-16-24-20-34-27-10-8-7-9-26(24)27/h7-10,12-15,20,34H,3-6,11,16-19,21-22H2,1-2H3. The smallest absolute Gasteiger partial charge is 0.383 e. The normalized spacial score (nSPS) is 11.6. The second-order valence-electron chi connectivity index (χ2n) is 9.74. The van der Waals surface area contributed by atoms with Gasteiger partial charge in [-0.15, -0.1) is 0 Å². The van der Waals surface area contributed by atoms with Crippen LogP contribution in [0, 0.1) is 0 Å². The van der Waals surface area contributed by atoms with Gasteiger partial charge in [0.1, 0.15) is 0 Å². The molecule has 6 nitrogen and oxygen atoms in total. The van der Waals surface area contributed by atoms with Gasteiger partial charge >= 0.3 is 6.18 Å². The SMILES string of the molecule is CCCCCCC(=O)N(CCOC)CC(=O)N(CCc1c[nH]c2ccccc12)Cc1ccc(C(F)(F)F)cc1. The maximum absolute atomic E-state index is 13.6. The first-order valence-electron chi connectivity index (χ1n) is 13.5.